The van der Waals surface area contributed by atoms with Crippen LogP contribution in [0.15, 0.2) is 24.5 Å². The van der Waals surface area contributed by atoms with Gasteiger partial charge in [0.15, 0.2) is 0 Å². The number of amides is 1. The Bertz CT molecular complexity index is 1040. The van der Waals surface area contributed by atoms with Crippen molar-refractivity contribution in [2.45, 2.75) is 45.3 Å². The SMILES string of the molecule is Cc1cc(-c2cc(OC(C)[C@H]3CNC(=O)C3)c3c(c2)ncn3C2CC2)nn1C. The van der Waals surface area contributed by atoms with Gasteiger partial charge in [0.1, 0.15) is 17.4 Å². The Morgan fingerprint density at radius 1 is 1.29 bits per heavy atom. The Hall–Kier alpha value is -2.83. The fourth-order valence-electron chi connectivity index (χ4n) is 3.96. The number of carbonyl (C=O) groups excluding carboxylic acids is 1. The standard InChI is InChI=1S/C21H25N5O2/c1-12-6-17(24-25(12)3)14-7-18-21(26(11-23-18)16-4-5-16)19(8-14)28-13(2)15-9-20(27)22-10-15/h6-8,11,13,15-16H,4-5,9-10H2,1-3H3,(H,22,27)/t13?,15-/m1/s1. The second kappa shape index (κ2) is 6.36. The van der Waals surface area contributed by atoms with Crippen LogP contribution in [0.5, 0.6) is 5.75 Å². The molecule has 3 heterocycles. The van der Waals surface area contributed by atoms with Crippen molar-refractivity contribution in [3.63, 3.8) is 0 Å². The minimum Gasteiger partial charge on any atom is -0.488 e. The molecule has 0 spiro atoms. The summed E-state index contributed by atoms with van der Waals surface area (Å²) in [6.45, 7) is 4.76. The summed E-state index contributed by atoms with van der Waals surface area (Å²) in [5.74, 6) is 1.11. The van der Waals surface area contributed by atoms with Gasteiger partial charge in [-0.2, -0.15) is 5.10 Å². The van der Waals surface area contributed by atoms with E-state index < -0.39 is 0 Å². The van der Waals surface area contributed by atoms with Gasteiger partial charge in [0.05, 0.1) is 17.5 Å². The molecule has 146 valence electrons. The zero-order chi connectivity index (χ0) is 19.4. The Morgan fingerprint density at radius 3 is 2.75 bits per heavy atom. The zero-order valence-electron chi connectivity index (χ0n) is 16.5. The molecule has 2 fully saturated rings. The lowest BCUT2D eigenvalue weighted by molar-refractivity contribution is -0.119. The lowest BCUT2D eigenvalue weighted by atomic mass is 10.0. The van der Waals surface area contributed by atoms with Crippen molar-refractivity contribution >= 4 is 16.9 Å². The minimum absolute atomic E-state index is 0.0644. The van der Waals surface area contributed by atoms with Crippen LogP contribution < -0.4 is 10.1 Å². The van der Waals surface area contributed by atoms with Crippen LogP contribution in [0.4, 0.5) is 0 Å². The third-order valence-electron chi connectivity index (χ3n) is 5.97. The predicted molar refractivity (Wildman–Crippen MR) is 106 cm³/mol. The number of hydrogen-bond acceptors (Lipinski definition) is 4. The number of carbonyl (C=O) groups is 1. The van der Waals surface area contributed by atoms with Gasteiger partial charge < -0.3 is 14.6 Å². The van der Waals surface area contributed by atoms with E-state index in [1.807, 2.05) is 31.9 Å². The number of nitrogens with one attached hydrogen (secondary N) is 1. The van der Waals surface area contributed by atoms with E-state index >= 15 is 0 Å². The van der Waals surface area contributed by atoms with E-state index in [4.69, 9.17) is 4.74 Å². The highest BCUT2D eigenvalue weighted by Gasteiger charge is 2.30. The van der Waals surface area contributed by atoms with Crippen LogP contribution in [0.3, 0.4) is 0 Å². The van der Waals surface area contributed by atoms with E-state index in [-0.39, 0.29) is 17.9 Å². The fourth-order valence-corrected chi connectivity index (χ4v) is 3.96. The first kappa shape index (κ1) is 17.3. The number of rotatable bonds is 5. The minimum atomic E-state index is -0.0644. The van der Waals surface area contributed by atoms with Gasteiger partial charge in [-0.15, -0.1) is 0 Å². The molecule has 2 aliphatic rings. The van der Waals surface area contributed by atoms with E-state index in [1.54, 1.807) is 0 Å². The van der Waals surface area contributed by atoms with E-state index in [9.17, 15) is 4.79 Å². The second-order valence-electron chi connectivity index (χ2n) is 8.11. The highest BCUT2D eigenvalue weighted by Crippen LogP contribution is 2.41. The molecule has 1 saturated carbocycles. The number of aryl methyl sites for hydroxylation is 2. The predicted octanol–water partition coefficient (Wildman–Crippen LogP) is 2.98. The molecule has 0 bridgehead atoms. The molecule has 2 aromatic heterocycles. The molecule has 0 radical (unpaired) electrons. The van der Waals surface area contributed by atoms with Crippen LogP contribution in [0.1, 0.15) is 37.9 Å². The lowest BCUT2D eigenvalue weighted by Gasteiger charge is -2.21. The zero-order valence-corrected chi connectivity index (χ0v) is 16.5. The maximum atomic E-state index is 11.6. The maximum absolute atomic E-state index is 11.6. The lowest BCUT2D eigenvalue weighted by Crippen LogP contribution is -2.25. The largest absolute Gasteiger partial charge is 0.488 e. The number of hydrogen-bond donors (Lipinski definition) is 1. The number of benzene rings is 1. The highest BCUT2D eigenvalue weighted by molar-refractivity contribution is 5.87. The van der Waals surface area contributed by atoms with E-state index in [0.717, 1.165) is 33.7 Å². The summed E-state index contributed by atoms with van der Waals surface area (Å²) in [6.07, 6.45) is 4.75. The van der Waals surface area contributed by atoms with Crippen LogP contribution in [0, 0.1) is 12.8 Å². The van der Waals surface area contributed by atoms with E-state index in [0.29, 0.717) is 19.0 Å². The maximum Gasteiger partial charge on any atom is 0.220 e. The van der Waals surface area contributed by atoms with Gasteiger partial charge >= 0.3 is 0 Å². The molecule has 7 nitrogen and oxygen atoms in total. The summed E-state index contributed by atoms with van der Waals surface area (Å²) in [5, 5.41) is 7.53. The van der Waals surface area contributed by atoms with Gasteiger partial charge in [-0.3, -0.25) is 9.48 Å². The quantitative estimate of drug-likeness (QED) is 0.740. The summed E-state index contributed by atoms with van der Waals surface area (Å²) in [5.41, 5.74) is 4.99. The Morgan fingerprint density at radius 2 is 2.11 bits per heavy atom. The first-order chi connectivity index (χ1) is 13.5. The van der Waals surface area contributed by atoms with Crippen molar-refractivity contribution in [3.05, 3.63) is 30.2 Å². The van der Waals surface area contributed by atoms with Gasteiger partial charge in [-0.1, -0.05) is 0 Å². The van der Waals surface area contributed by atoms with Gasteiger partial charge in [-0.25, -0.2) is 4.98 Å². The topological polar surface area (TPSA) is 74.0 Å². The molecule has 7 heteroatoms. The molecule has 3 aromatic rings. The first-order valence-electron chi connectivity index (χ1n) is 9.94. The smallest absolute Gasteiger partial charge is 0.220 e. The molecule has 28 heavy (non-hydrogen) atoms. The summed E-state index contributed by atoms with van der Waals surface area (Å²) in [7, 11) is 1.95. The average Bonchev–Trinajstić information content (AvgIpc) is 3.10. The van der Waals surface area contributed by atoms with Crippen molar-refractivity contribution in [2.75, 3.05) is 6.54 Å². The summed E-state index contributed by atoms with van der Waals surface area (Å²) in [6, 6.07) is 6.76. The molecule has 1 aromatic carbocycles. The molecule has 1 aliphatic heterocycles. The molecule has 1 amide bonds. The third kappa shape index (κ3) is 2.95. The number of fused-ring (bicyclic) bond motifs is 1. The molecule has 1 saturated heterocycles. The highest BCUT2D eigenvalue weighted by atomic mass is 16.5. The van der Waals surface area contributed by atoms with Gasteiger partial charge in [0, 0.05) is 43.2 Å². The van der Waals surface area contributed by atoms with Crippen molar-refractivity contribution in [3.8, 4) is 17.0 Å². The molecule has 2 atom stereocenters. The Kier molecular flexibility index (Phi) is 3.92. The van der Waals surface area contributed by atoms with Crippen LogP contribution in [-0.2, 0) is 11.8 Å². The monoisotopic (exact) mass is 379 g/mol. The van der Waals surface area contributed by atoms with Gasteiger partial charge in [-0.05, 0) is 44.9 Å². The summed E-state index contributed by atoms with van der Waals surface area (Å²) < 4.78 is 10.6. The van der Waals surface area contributed by atoms with Gasteiger partial charge in [0.2, 0.25) is 5.91 Å². The van der Waals surface area contributed by atoms with E-state index in [2.05, 4.69) is 38.2 Å². The molecule has 1 unspecified atom stereocenters. The van der Waals surface area contributed by atoms with Crippen LogP contribution >= 0.6 is 0 Å². The van der Waals surface area contributed by atoms with E-state index in [1.165, 1.54) is 12.8 Å². The summed E-state index contributed by atoms with van der Waals surface area (Å²) in [4.78, 5) is 16.3. The molecular weight excluding hydrogens is 354 g/mol. The first-order valence-corrected chi connectivity index (χ1v) is 9.94. The Balaban J connectivity index is 1.57. The Labute approximate surface area is 163 Å². The van der Waals surface area contributed by atoms with Crippen LogP contribution in [0.2, 0.25) is 0 Å². The normalized spacial score (nSPS) is 20.5. The van der Waals surface area contributed by atoms with Crippen LogP contribution in [0.25, 0.3) is 22.3 Å². The number of imidazole rings is 1. The molecule has 1 aliphatic carbocycles. The number of aromatic nitrogens is 4. The van der Waals surface area contributed by atoms with Crippen molar-refractivity contribution in [2.24, 2.45) is 13.0 Å². The molecular formula is C21H25N5O2. The second-order valence-corrected chi connectivity index (χ2v) is 8.11. The van der Waals surface area contributed by atoms with Gasteiger partial charge in [0.25, 0.3) is 0 Å². The molecule has 1 N–H and O–H groups in total. The van der Waals surface area contributed by atoms with Crippen molar-refractivity contribution in [1.29, 1.82) is 0 Å². The third-order valence-corrected chi connectivity index (χ3v) is 5.97. The van der Waals surface area contributed by atoms with Crippen LogP contribution in [-0.4, -0.2) is 37.9 Å². The fraction of sp³-hybridized carbons (Fsp3) is 0.476. The van der Waals surface area contributed by atoms with Crippen molar-refractivity contribution < 1.29 is 9.53 Å². The number of nitrogens with zero attached hydrogens (tertiary/aromatic N) is 4. The number of ether oxygens (including phenoxy) is 1. The summed E-state index contributed by atoms with van der Waals surface area (Å²) >= 11 is 0. The average molecular weight is 379 g/mol. The van der Waals surface area contributed by atoms with Crippen molar-refractivity contribution in [1.82, 2.24) is 24.6 Å². The molecule has 5 rings (SSSR count).